The highest BCUT2D eigenvalue weighted by Crippen LogP contribution is 2.35. The maximum atomic E-state index is 6.04. The fraction of sp³-hybridized carbons (Fsp3) is 0.556. The Balaban J connectivity index is 0.000000720. The van der Waals surface area contributed by atoms with Crippen molar-refractivity contribution in [3.8, 4) is 0 Å². The number of nitrogens with two attached hydrogens (primary N) is 1. The van der Waals surface area contributed by atoms with Gasteiger partial charge in [0.1, 0.15) is 0 Å². The molecule has 0 aromatic carbocycles. The highest BCUT2D eigenvalue weighted by Gasteiger charge is 2.23. The molecular formula is C9H14ClNS. The standard InChI is InChI=1S/C9H13NS.ClH/c1-6-2-3-8-7(9(6)10)4-5-11-8;/h4-6,9H,2-3,10H2,1H3;1H. The summed E-state index contributed by atoms with van der Waals surface area (Å²) >= 11 is 1.85. The molecule has 0 bridgehead atoms. The molecule has 0 saturated carbocycles. The molecule has 3 heteroatoms. The molecule has 0 aliphatic heterocycles. The van der Waals surface area contributed by atoms with E-state index >= 15 is 0 Å². The molecular weight excluding hydrogens is 190 g/mol. The molecule has 1 aromatic heterocycles. The molecule has 1 nitrogen and oxygen atoms in total. The van der Waals surface area contributed by atoms with Crippen LogP contribution >= 0.6 is 23.7 Å². The summed E-state index contributed by atoms with van der Waals surface area (Å²) in [5.41, 5.74) is 7.44. The average Bonchev–Trinajstić information content (AvgIpc) is 2.45. The maximum Gasteiger partial charge on any atom is 0.0332 e. The van der Waals surface area contributed by atoms with Crippen molar-refractivity contribution in [2.75, 3.05) is 0 Å². The van der Waals surface area contributed by atoms with Crippen LogP contribution in [0.1, 0.15) is 29.8 Å². The van der Waals surface area contributed by atoms with Gasteiger partial charge in [-0.05, 0) is 35.8 Å². The van der Waals surface area contributed by atoms with E-state index in [0.717, 1.165) is 0 Å². The Labute approximate surface area is 83.4 Å². The van der Waals surface area contributed by atoms with Gasteiger partial charge in [0.15, 0.2) is 0 Å². The molecule has 68 valence electrons. The molecule has 1 aliphatic rings. The topological polar surface area (TPSA) is 26.0 Å². The van der Waals surface area contributed by atoms with E-state index in [0.29, 0.717) is 12.0 Å². The fourth-order valence-electron chi connectivity index (χ4n) is 1.70. The van der Waals surface area contributed by atoms with E-state index in [1.54, 1.807) is 0 Å². The molecule has 2 rings (SSSR count). The summed E-state index contributed by atoms with van der Waals surface area (Å²) in [6.45, 7) is 2.24. The van der Waals surface area contributed by atoms with Crippen LogP contribution in [0.25, 0.3) is 0 Å². The third-order valence-electron chi connectivity index (χ3n) is 2.58. The Morgan fingerprint density at radius 1 is 1.58 bits per heavy atom. The third-order valence-corrected chi connectivity index (χ3v) is 3.58. The molecule has 0 saturated heterocycles. The van der Waals surface area contributed by atoms with Crippen LogP contribution in [0.3, 0.4) is 0 Å². The van der Waals surface area contributed by atoms with Gasteiger partial charge < -0.3 is 5.73 Å². The number of rotatable bonds is 0. The second-order valence-electron chi connectivity index (χ2n) is 3.34. The van der Waals surface area contributed by atoms with Gasteiger partial charge in [0.2, 0.25) is 0 Å². The summed E-state index contributed by atoms with van der Waals surface area (Å²) < 4.78 is 0. The first-order valence-electron chi connectivity index (χ1n) is 4.11. The zero-order chi connectivity index (χ0) is 7.84. The van der Waals surface area contributed by atoms with Crippen molar-refractivity contribution >= 4 is 23.7 Å². The SMILES string of the molecule is CC1CCc2sccc2C1N.Cl. The lowest BCUT2D eigenvalue weighted by Crippen LogP contribution is -2.23. The lowest BCUT2D eigenvalue weighted by Gasteiger charge is -2.25. The highest BCUT2D eigenvalue weighted by atomic mass is 35.5. The summed E-state index contributed by atoms with van der Waals surface area (Å²) in [4.78, 5) is 1.51. The Bertz CT molecular complexity index is 259. The van der Waals surface area contributed by atoms with Gasteiger partial charge in [0, 0.05) is 10.9 Å². The van der Waals surface area contributed by atoms with Crippen LogP contribution in [-0.4, -0.2) is 0 Å². The molecule has 0 spiro atoms. The van der Waals surface area contributed by atoms with Gasteiger partial charge in [-0.3, -0.25) is 0 Å². The Morgan fingerprint density at radius 2 is 2.33 bits per heavy atom. The third kappa shape index (κ3) is 1.51. The molecule has 12 heavy (non-hydrogen) atoms. The zero-order valence-corrected chi connectivity index (χ0v) is 8.75. The van der Waals surface area contributed by atoms with Gasteiger partial charge in [-0.25, -0.2) is 0 Å². The number of thiophene rings is 1. The number of hydrogen-bond donors (Lipinski definition) is 1. The monoisotopic (exact) mass is 203 g/mol. The molecule has 1 aromatic rings. The number of hydrogen-bond acceptors (Lipinski definition) is 2. The minimum atomic E-state index is 0. The predicted octanol–water partition coefficient (Wildman–Crippen LogP) is 2.75. The summed E-state index contributed by atoms with van der Waals surface area (Å²) in [7, 11) is 0. The van der Waals surface area contributed by atoms with Gasteiger partial charge in [-0.15, -0.1) is 23.7 Å². The maximum absolute atomic E-state index is 6.04. The van der Waals surface area contributed by atoms with Crippen molar-refractivity contribution in [3.05, 3.63) is 21.9 Å². The minimum Gasteiger partial charge on any atom is -0.324 e. The summed E-state index contributed by atoms with van der Waals surface area (Å²) in [5.74, 6) is 0.664. The minimum absolute atomic E-state index is 0. The molecule has 2 atom stereocenters. The number of fused-ring (bicyclic) bond motifs is 1. The van der Waals surface area contributed by atoms with Crippen LogP contribution in [0, 0.1) is 5.92 Å². The van der Waals surface area contributed by atoms with Gasteiger partial charge in [0.05, 0.1) is 0 Å². The predicted molar refractivity (Wildman–Crippen MR) is 56.0 cm³/mol. The normalized spacial score (nSPS) is 27.5. The second kappa shape index (κ2) is 3.77. The molecule has 1 heterocycles. The van der Waals surface area contributed by atoms with E-state index in [9.17, 15) is 0 Å². The molecule has 1 aliphatic carbocycles. The molecule has 0 radical (unpaired) electrons. The van der Waals surface area contributed by atoms with Crippen LogP contribution in [0.15, 0.2) is 11.4 Å². The smallest absolute Gasteiger partial charge is 0.0332 e. The van der Waals surface area contributed by atoms with Crippen LogP contribution in [0.2, 0.25) is 0 Å². The van der Waals surface area contributed by atoms with Crippen molar-refractivity contribution in [1.82, 2.24) is 0 Å². The van der Waals surface area contributed by atoms with Gasteiger partial charge in [0.25, 0.3) is 0 Å². The van der Waals surface area contributed by atoms with E-state index in [2.05, 4.69) is 18.4 Å². The van der Waals surface area contributed by atoms with Crippen LogP contribution in [0.4, 0.5) is 0 Å². The first-order chi connectivity index (χ1) is 5.29. The van der Waals surface area contributed by atoms with Crippen LogP contribution in [-0.2, 0) is 6.42 Å². The van der Waals surface area contributed by atoms with Crippen LogP contribution in [0.5, 0.6) is 0 Å². The number of halogens is 1. The van der Waals surface area contributed by atoms with Crippen molar-refractivity contribution in [1.29, 1.82) is 0 Å². The zero-order valence-electron chi connectivity index (χ0n) is 7.12. The van der Waals surface area contributed by atoms with Crippen molar-refractivity contribution in [3.63, 3.8) is 0 Å². The Kier molecular flexibility index (Phi) is 3.16. The van der Waals surface area contributed by atoms with Gasteiger partial charge in [-0.2, -0.15) is 0 Å². The number of aryl methyl sites for hydroxylation is 1. The average molecular weight is 204 g/mol. The first kappa shape index (κ1) is 10.0. The highest BCUT2D eigenvalue weighted by molar-refractivity contribution is 7.10. The molecule has 2 N–H and O–H groups in total. The summed E-state index contributed by atoms with van der Waals surface area (Å²) in [6, 6.07) is 2.48. The first-order valence-corrected chi connectivity index (χ1v) is 4.99. The van der Waals surface area contributed by atoms with Crippen molar-refractivity contribution in [2.24, 2.45) is 11.7 Å². The van der Waals surface area contributed by atoms with E-state index < -0.39 is 0 Å². The van der Waals surface area contributed by atoms with Gasteiger partial charge >= 0.3 is 0 Å². The quantitative estimate of drug-likeness (QED) is 0.690. The molecule has 0 fully saturated rings. The fourth-order valence-corrected chi connectivity index (χ4v) is 2.65. The second-order valence-corrected chi connectivity index (χ2v) is 4.34. The van der Waals surface area contributed by atoms with E-state index in [1.165, 1.54) is 23.3 Å². The Hall–Kier alpha value is -0.0500. The molecule has 2 unspecified atom stereocenters. The summed E-state index contributed by atoms with van der Waals surface area (Å²) in [6.07, 6.45) is 2.50. The molecule has 0 amide bonds. The lowest BCUT2D eigenvalue weighted by molar-refractivity contribution is 0.416. The lowest BCUT2D eigenvalue weighted by atomic mass is 9.86. The van der Waals surface area contributed by atoms with Crippen molar-refractivity contribution < 1.29 is 0 Å². The van der Waals surface area contributed by atoms with E-state index in [-0.39, 0.29) is 12.4 Å². The van der Waals surface area contributed by atoms with Crippen molar-refractivity contribution in [2.45, 2.75) is 25.8 Å². The largest absolute Gasteiger partial charge is 0.324 e. The summed E-state index contributed by atoms with van der Waals surface area (Å²) in [5, 5.41) is 2.16. The van der Waals surface area contributed by atoms with E-state index in [1.807, 2.05) is 11.3 Å². The van der Waals surface area contributed by atoms with Gasteiger partial charge in [-0.1, -0.05) is 6.92 Å². The Morgan fingerprint density at radius 3 is 3.08 bits per heavy atom. The van der Waals surface area contributed by atoms with E-state index in [4.69, 9.17) is 5.73 Å². The van der Waals surface area contributed by atoms with Crippen LogP contribution < -0.4 is 5.73 Å².